The average molecular weight is 294 g/mol. The topological polar surface area (TPSA) is 12.0 Å². The summed E-state index contributed by atoms with van der Waals surface area (Å²) >= 11 is 3.39. The Morgan fingerprint density at radius 1 is 1.12 bits per heavy atom. The molecule has 0 atom stereocenters. The number of nitrogens with one attached hydrogen (secondary N) is 1. The standard InChI is InChI=1S/C14H13BrFN/c1-10-6-13(16)8-14(7-10)17-9-11-2-4-12(15)5-3-11/h2-8,17H,9H2,1H3. The second-order valence-electron chi connectivity index (χ2n) is 4.00. The molecule has 0 spiro atoms. The van der Waals surface area contributed by atoms with Crippen LogP contribution in [0.3, 0.4) is 0 Å². The molecule has 3 heteroatoms. The molecule has 0 aliphatic heterocycles. The van der Waals surface area contributed by atoms with E-state index in [4.69, 9.17) is 0 Å². The fourth-order valence-electron chi connectivity index (χ4n) is 1.64. The van der Waals surface area contributed by atoms with Crippen molar-refractivity contribution in [1.29, 1.82) is 0 Å². The van der Waals surface area contributed by atoms with Crippen LogP contribution in [0.4, 0.5) is 10.1 Å². The molecule has 2 aromatic carbocycles. The molecule has 0 heterocycles. The van der Waals surface area contributed by atoms with E-state index in [0.29, 0.717) is 6.54 Å². The lowest BCUT2D eigenvalue weighted by Crippen LogP contribution is -1.99. The number of hydrogen-bond acceptors (Lipinski definition) is 1. The van der Waals surface area contributed by atoms with Crippen LogP contribution in [-0.4, -0.2) is 0 Å². The van der Waals surface area contributed by atoms with E-state index in [-0.39, 0.29) is 5.82 Å². The summed E-state index contributed by atoms with van der Waals surface area (Å²) in [5, 5.41) is 3.21. The van der Waals surface area contributed by atoms with Crippen LogP contribution in [0.2, 0.25) is 0 Å². The molecule has 0 saturated carbocycles. The minimum Gasteiger partial charge on any atom is -0.381 e. The molecule has 0 saturated heterocycles. The van der Waals surface area contributed by atoms with E-state index in [2.05, 4.69) is 21.2 Å². The molecule has 0 amide bonds. The van der Waals surface area contributed by atoms with Gasteiger partial charge in [-0.15, -0.1) is 0 Å². The SMILES string of the molecule is Cc1cc(F)cc(NCc2ccc(Br)cc2)c1. The highest BCUT2D eigenvalue weighted by Crippen LogP contribution is 2.15. The van der Waals surface area contributed by atoms with E-state index >= 15 is 0 Å². The minimum atomic E-state index is -0.205. The Balaban J connectivity index is 2.04. The Labute approximate surface area is 109 Å². The van der Waals surface area contributed by atoms with E-state index in [1.165, 1.54) is 12.1 Å². The van der Waals surface area contributed by atoms with Crippen molar-refractivity contribution in [3.63, 3.8) is 0 Å². The van der Waals surface area contributed by atoms with Crippen molar-refractivity contribution in [1.82, 2.24) is 0 Å². The van der Waals surface area contributed by atoms with Crippen molar-refractivity contribution >= 4 is 21.6 Å². The Kier molecular flexibility index (Phi) is 3.79. The van der Waals surface area contributed by atoms with E-state index in [1.54, 1.807) is 0 Å². The zero-order chi connectivity index (χ0) is 12.3. The highest BCUT2D eigenvalue weighted by molar-refractivity contribution is 9.10. The van der Waals surface area contributed by atoms with Crippen LogP contribution in [0.5, 0.6) is 0 Å². The number of halogens is 2. The molecule has 0 bridgehead atoms. The zero-order valence-electron chi connectivity index (χ0n) is 9.50. The van der Waals surface area contributed by atoms with E-state index in [9.17, 15) is 4.39 Å². The normalized spacial score (nSPS) is 10.3. The van der Waals surface area contributed by atoms with E-state index in [1.807, 2.05) is 37.3 Å². The molecule has 0 aliphatic rings. The van der Waals surface area contributed by atoms with Crippen LogP contribution in [-0.2, 0) is 6.54 Å². The Bertz CT molecular complexity index is 488. The fourth-order valence-corrected chi connectivity index (χ4v) is 1.91. The predicted molar refractivity (Wildman–Crippen MR) is 72.6 cm³/mol. The third-order valence-electron chi connectivity index (χ3n) is 2.45. The van der Waals surface area contributed by atoms with Gasteiger partial charge in [-0.2, -0.15) is 0 Å². The van der Waals surface area contributed by atoms with Gasteiger partial charge in [0.05, 0.1) is 0 Å². The van der Waals surface area contributed by atoms with Crippen molar-refractivity contribution in [3.05, 3.63) is 63.9 Å². The Morgan fingerprint density at radius 3 is 2.47 bits per heavy atom. The summed E-state index contributed by atoms with van der Waals surface area (Å²) in [5.41, 5.74) is 2.89. The van der Waals surface area contributed by atoms with Gasteiger partial charge >= 0.3 is 0 Å². The molecule has 17 heavy (non-hydrogen) atoms. The van der Waals surface area contributed by atoms with Crippen molar-refractivity contribution in [2.75, 3.05) is 5.32 Å². The van der Waals surface area contributed by atoms with Crippen LogP contribution in [0, 0.1) is 12.7 Å². The molecule has 1 nitrogen and oxygen atoms in total. The van der Waals surface area contributed by atoms with E-state index < -0.39 is 0 Å². The van der Waals surface area contributed by atoms with Gasteiger partial charge in [0.25, 0.3) is 0 Å². The fraction of sp³-hybridized carbons (Fsp3) is 0.143. The number of rotatable bonds is 3. The summed E-state index contributed by atoms with van der Waals surface area (Å²) < 4.78 is 14.2. The Morgan fingerprint density at radius 2 is 1.82 bits per heavy atom. The summed E-state index contributed by atoms with van der Waals surface area (Å²) in [6, 6.07) is 13.0. The minimum absolute atomic E-state index is 0.205. The number of hydrogen-bond donors (Lipinski definition) is 1. The van der Waals surface area contributed by atoms with Crippen molar-refractivity contribution in [3.8, 4) is 0 Å². The molecular weight excluding hydrogens is 281 g/mol. The lowest BCUT2D eigenvalue weighted by Gasteiger charge is -2.07. The second kappa shape index (κ2) is 5.32. The first-order chi connectivity index (χ1) is 8.13. The predicted octanol–water partition coefficient (Wildman–Crippen LogP) is 4.51. The number of aryl methyl sites for hydroxylation is 1. The Hall–Kier alpha value is -1.35. The van der Waals surface area contributed by atoms with Crippen LogP contribution < -0.4 is 5.32 Å². The lowest BCUT2D eigenvalue weighted by atomic mass is 10.2. The smallest absolute Gasteiger partial charge is 0.125 e. The monoisotopic (exact) mass is 293 g/mol. The highest BCUT2D eigenvalue weighted by Gasteiger charge is 1.98. The number of benzene rings is 2. The van der Waals surface area contributed by atoms with Crippen LogP contribution >= 0.6 is 15.9 Å². The van der Waals surface area contributed by atoms with Gasteiger partial charge in [0, 0.05) is 16.7 Å². The summed E-state index contributed by atoms with van der Waals surface area (Å²) in [6.07, 6.45) is 0. The third kappa shape index (κ3) is 3.56. The van der Waals surface area contributed by atoms with Gasteiger partial charge < -0.3 is 5.32 Å². The lowest BCUT2D eigenvalue weighted by molar-refractivity contribution is 0.627. The van der Waals surface area contributed by atoms with Gasteiger partial charge in [-0.3, -0.25) is 0 Å². The van der Waals surface area contributed by atoms with Crippen molar-refractivity contribution in [2.45, 2.75) is 13.5 Å². The first-order valence-electron chi connectivity index (χ1n) is 5.39. The molecule has 0 unspecified atom stereocenters. The molecule has 2 rings (SSSR count). The summed E-state index contributed by atoms with van der Waals surface area (Å²) in [6.45, 7) is 2.57. The third-order valence-corrected chi connectivity index (χ3v) is 2.98. The average Bonchev–Trinajstić information content (AvgIpc) is 2.27. The van der Waals surface area contributed by atoms with Crippen molar-refractivity contribution < 1.29 is 4.39 Å². The molecule has 88 valence electrons. The van der Waals surface area contributed by atoms with Gasteiger partial charge in [-0.05, 0) is 48.4 Å². The van der Waals surface area contributed by atoms with Crippen LogP contribution in [0.15, 0.2) is 46.9 Å². The van der Waals surface area contributed by atoms with Gasteiger partial charge in [-0.1, -0.05) is 28.1 Å². The molecule has 0 aromatic heterocycles. The van der Waals surface area contributed by atoms with Gasteiger partial charge in [0.2, 0.25) is 0 Å². The van der Waals surface area contributed by atoms with Crippen LogP contribution in [0.25, 0.3) is 0 Å². The summed E-state index contributed by atoms with van der Waals surface area (Å²) in [4.78, 5) is 0. The maximum Gasteiger partial charge on any atom is 0.125 e. The zero-order valence-corrected chi connectivity index (χ0v) is 11.1. The quantitative estimate of drug-likeness (QED) is 0.878. The molecule has 0 fully saturated rings. The maximum atomic E-state index is 13.2. The van der Waals surface area contributed by atoms with E-state index in [0.717, 1.165) is 21.3 Å². The number of anilines is 1. The van der Waals surface area contributed by atoms with Gasteiger partial charge in [0.1, 0.15) is 5.82 Å². The molecule has 0 radical (unpaired) electrons. The van der Waals surface area contributed by atoms with Crippen molar-refractivity contribution in [2.24, 2.45) is 0 Å². The first-order valence-corrected chi connectivity index (χ1v) is 6.18. The second-order valence-corrected chi connectivity index (χ2v) is 4.91. The highest BCUT2D eigenvalue weighted by atomic mass is 79.9. The first kappa shape index (κ1) is 12.1. The van der Waals surface area contributed by atoms with Gasteiger partial charge in [0.15, 0.2) is 0 Å². The molecule has 2 aromatic rings. The largest absolute Gasteiger partial charge is 0.381 e. The molecule has 1 N–H and O–H groups in total. The summed E-state index contributed by atoms with van der Waals surface area (Å²) in [7, 11) is 0. The maximum absolute atomic E-state index is 13.2. The van der Waals surface area contributed by atoms with Crippen LogP contribution in [0.1, 0.15) is 11.1 Å². The van der Waals surface area contributed by atoms with Gasteiger partial charge in [-0.25, -0.2) is 4.39 Å². The summed E-state index contributed by atoms with van der Waals surface area (Å²) in [5.74, 6) is -0.205. The molecule has 0 aliphatic carbocycles. The molecular formula is C14H13BrFN.